The number of halogens is 1. The van der Waals surface area contributed by atoms with Gasteiger partial charge in [-0.15, -0.1) is 0 Å². The molecule has 1 amide bonds. The summed E-state index contributed by atoms with van der Waals surface area (Å²) in [5.74, 6) is 0.175. The van der Waals surface area contributed by atoms with E-state index in [1.165, 1.54) is 11.1 Å². The fraction of sp³-hybridized carbons (Fsp3) is 0.278. The van der Waals surface area contributed by atoms with Crippen LogP contribution in [-0.2, 0) is 17.8 Å². The van der Waals surface area contributed by atoms with Gasteiger partial charge in [-0.25, -0.2) is 0 Å². The van der Waals surface area contributed by atoms with Gasteiger partial charge in [-0.05, 0) is 36.1 Å². The highest BCUT2D eigenvalue weighted by atomic mass is 79.9. The minimum atomic E-state index is 0.175. The molecule has 0 unspecified atom stereocenters. The predicted molar refractivity (Wildman–Crippen MR) is 90.1 cm³/mol. The summed E-state index contributed by atoms with van der Waals surface area (Å²) in [5, 5.41) is 0. The zero-order valence-electron chi connectivity index (χ0n) is 12.5. The molecular weight excluding hydrogens is 326 g/mol. The molecule has 2 aromatic carbocycles. The molecule has 21 heavy (non-hydrogen) atoms. The van der Waals surface area contributed by atoms with Gasteiger partial charge < -0.3 is 4.90 Å². The molecule has 0 radical (unpaired) electrons. The summed E-state index contributed by atoms with van der Waals surface area (Å²) in [7, 11) is 1.86. The molecule has 110 valence electrons. The van der Waals surface area contributed by atoms with Gasteiger partial charge in [0.15, 0.2) is 0 Å². The minimum absolute atomic E-state index is 0.175. The molecule has 0 aliphatic carbocycles. The number of hydrogen-bond donors (Lipinski definition) is 0. The third kappa shape index (κ3) is 4.43. The molecule has 0 aliphatic heterocycles. The van der Waals surface area contributed by atoms with E-state index in [2.05, 4.69) is 35.0 Å². The SMILES string of the molecule is Cc1ccccc1CCC(=O)N(C)Cc1ccccc1Br. The Balaban J connectivity index is 1.91. The quantitative estimate of drug-likeness (QED) is 0.788. The van der Waals surface area contributed by atoms with E-state index in [-0.39, 0.29) is 5.91 Å². The Labute approximate surface area is 134 Å². The lowest BCUT2D eigenvalue weighted by atomic mass is 10.0. The van der Waals surface area contributed by atoms with Gasteiger partial charge in [0, 0.05) is 24.5 Å². The van der Waals surface area contributed by atoms with Crippen molar-refractivity contribution in [3.8, 4) is 0 Å². The number of aryl methyl sites for hydroxylation is 2. The average molecular weight is 346 g/mol. The highest BCUT2D eigenvalue weighted by Gasteiger charge is 2.11. The summed E-state index contributed by atoms with van der Waals surface area (Å²) in [6.07, 6.45) is 1.34. The maximum Gasteiger partial charge on any atom is 0.222 e. The second-order valence-corrected chi connectivity index (χ2v) is 6.12. The van der Waals surface area contributed by atoms with Crippen LogP contribution >= 0.6 is 15.9 Å². The molecule has 0 fully saturated rings. The van der Waals surface area contributed by atoms with Crippen LogP contribution in [0.25, 0.3) is 0 Å². The summed E-state index contributed by atoms with van der Waals surface area (Å²) >= 11 is 3.52. The van der Waals surface area contributed by atoms with E-state index < -0.39 is 0 Å². The number of nitrogens with zero attached hydrogens (tertiary/aromatic N) is 1. The van der Waals surface area contributed by atoms with E-state index in [0.29, 0.717) is 13.0 Å². The van der Waals surface area contributed by atoms with Gasteiger partial charge in [0.2, 0.25) is 5.91 Å². The summed E-state index contributed by atoms with van der Waals surface area (Å²) in [4.78, 5) is 14.0. The molecule has 2 aromatic rings. The highest BCUT2D eigenvalue weighted by molar-refractivity contribution is 9.10. The standard InChI is InChI=1S/C18H20BrNO/c1-14-7-3-4-8-15(14)11-12-18(21)20(2)13-16-9-5-6-10-17(16)19/h3-10H,11-13H2,1-2H3. The molecule has 0 atom stereocenters. The number of benzene rings is 2. The van der Waals surface area contributed by atoms with Crippen molar-refractivity contribution in [2.45, 2.75) is 26.3 Å². The van der Waals surface area contributed by atoms with Crippen molar-refractivity contribution in [2.75, 3.05) is 7.05 Å². The molecule has 0 N–H and O–H groups in total. The number of rotatable bonds is 5. The molecule has 2 nitrogen and oxygen atoms in total. The lowest BCUT2D eigenvalue weighted by Crippen LogP contribution is -2.26. The van der Waals surface area contributed by atoms with E-state index in [9.17, 15) is 4.79 Å². The van der Waals surface area contributed by atoms with Crippen LogP contribution < -0.4 is 0 Å². The van der Waals surface area contributed by atoms with Crippen molar-refractivity contribution < 1.29 is 4.79 Å². The number of hydrogen-bond acceptors (Lipinski definition) is 1. The summed E-state index contributed by atoms with van der Waals surface area (Å²) in [6.45, 7) is 2.72. The molecule has 0 saturated carbocycles. The smallest absolute Gasteiger partial charge is 0.222 e. The Morgan fingerprint density at radius 2 is 1.67 bits per heavy atom. The predicted octanol–water partition coefficient (Wildman–Crippen LogP) is 4.35. The summed E-state index contributed by atoms with van der Waals surface area (Å²) < 4.78 is 1.04. The van der Waals surface area contributed by atoms with Gasteiger partial charge in [-0.2, -0.15) is 0 Å². The Hall–Kier alpha value is -1.61. The fourth-order valence-electron chi connectivity index (χ4n) is 2.29. The minimum Gasteiger partial charge on any atom is -0.341 e. The molecule has 0 bridgehead atoms. The first-order valence-electron chi connectivity index (χ1n) is 7.10. The zero-order valence-corrected chi connectivity index (χ0v) is 14.1. The lowest BCUT2D eigenvalue weighted by molar-refractivity contribution is -0.130. The van der Waals surface area contributed by atoms with E-state index >= 15 is 0 Å². The molecule has 0 spiro atoms. The Kier molecular flexibility index (Phi) is 5.57. The van der Waals surface area contributed by atoms with Crippen LogP contribution in [0.3, 0.4) is 0 Å². The Bertz CT molecular complexity index is 624. The van der Waals surface area contributed by atoms with Crippen LogP contribution in [0.5, 0.6) is 0 Å². The number of amides is 1. The largest absolute Gasteiger partial charge is 0.341 e. The Morgan fingerprint density at radius 3 is 2.33 bits per heavy atom. The van der Waals surface area contributed by atoms with E-state index in [1.54, 1.807) is 4.90 Å². The van der Waals surface area contributed by atoms with E-state index in [1.807, 2.05) is 43.4 Å². The van der Waals surface area contributed by atoms with Crippen molar-refractivity contribution in [3.63, 3.8) is 0 Å². The summed E-state index contributed by atoms with van der Waals surface area (Å²) in [6, 6.07) is 16.2. The Morgan fingerprint density at radius 1 is 1.05 bits per heavy atom. The normalized spacial score (nSPS) is 10.4. The van der Waals surface area contributed by atoms with Gasteiger partial charge in [0.1, 0.15) is 0 Å². The monoisotopic (exact) mass is 345 g/mol. The van der Waals surface area contributed by atoms with E-state index in [4.69, 9.17) is 0 Å². The zero-order chi connectivity index (χ0) is 15.2. The first kappa shape index (κ1) is 15.8. The third-order valence-electron chi connectivity index (χ3n) is 3.66. The van der Waals surface area contributed by atoms with Gasteiger partial charge in [-0.3, -0.25) is 4.79 Å². The lowest BCUT2D eigenvalue weighted by Gasteiger charge is -2.18. The molecule has 0 heterocycles. The second kappa shape index (κ2) is 7.41. The van der Waals surface area contributed by atoms with Gasteiger partial charge >= 0.3 is 0 Å². The van der Waals surface area contributed by atoms with Crippen LogP contribution in [0.15, 0.2) is 53.0 Å². The molecule has 3 heteroatoms. The third-order valence-corrected chi connectivity index (χ3v) is 4.43. The molecular formula is C18H20BrNO. The fourth-order valence-corrected chi connectivity index (χ4v) is 2.70. The van der Waals surface area contributed by atoms with Crippen molar-refractivity contribution in [2.24, 2.45) is 0 Å². The van der Waals surface area contributed by atoms with Crippen molar-refractivity contribution in [1.29, 1.82) is 0 Å². The maximum absolute atomic E-state index is 12.3. The number of carbonyl (C=O) groups excluding carboxylic acids is 1. The van der Waals surface area contributed by atoms with Crippen LogP contribution in [0, 0.1) is 6.92 Å². The van der Waals surface area contributed by atoms with E-state index in [0.717, 1.165) is 16.5 Å². The first-order valence-corrected chi connectivity index (χ1v) is 7.89. The topological polar surface area (TPSA) is 20.3 Å². The molecule has 0 saturated heterocycles. The highest BCUT2D eigenvalue weighted by Crippen LogP contribution is 2.18. The van der Waals surface area contributed by atoms with Gasteiger partial charge in [0.25, 0.3) is 0 Å². The molecule has 0 aliphatic rings. The summed E-state index contributed by atoms with van der Waals surface area (Å²) in [5.41, 5.74) is 3.63. The maximum atomic E-state index is 12.3. The van der Waals surface area contributed by atoms with Crippen molar-refractivity contribution in [1.82, 2.24) is 4.90 Å². The van der Waals surface area contributed by atoms with Crippen molar-refractivity contribution >= 4 is 21.8 Å². The van der Waals surface area contributed by atoms with Gasteiger partial charge in [0.05, 0.1) is 0 Å². The van der Waals surface area contributed by atoms with Crippen molar-refractivity contribution in [3.05, 3.63) is 69.7 Å². The van der Waals surface area contributed by atoms with Crippen LogP contribution in [0.1, 0.15) is 23.1 Å². The molecule has 0 aromatic heterocycles. The average Bonchev–Trinajstić information content (AvgIpc) is 2.48. The van der Waals surface area contributed by atoms with Crippen LogP contribution in [-0.4, -0.2) is 17.9 Å². The second-order valence-electron chi connectivity index (χ2n) is 5.27. The number of carbonyl (C=O) groups is 1. The first-order chi connectivity index (χ1) is 10.1. The molecule has 2 rings (SSSR count). The van der Waals surface area contributed by atoms with Crippen LogP contribution in [0.4, 0.5) is 0 Å². The van der Waals surface area contributed by atoms with Crippen LogP contribution in [0.2, 0.25) is 0 Å². The van der Waals surface area contributed by atoms with Gasteiger partial charge in [-0.1, -0.05) is 58.4 Å².